The molecule has 1 aliphatic heterocycles. The number of nitrogens with zero attached hydrogens (tertiary/aromatic N) is 1. The van der Waals surface area contributed by atoms with E-state index in [1.54, 1.807) is 6.08 Å². The predicted octanol–water partition coefficient (Wildman–Crippen LogP) is 3.74. The lowest BCUT2D eigenvalue weighted by Gasteiger charge is -2.25. The summed E-state index contributed by atoms with van der Waals surface area (Å²) >= 11 is 0. The van der Waals surface area contributed by atoms with Gasteiger partial charge < -0.3 is 15.2 Å². The Morgan fingerprint density at radius 3 is 2.52 bits per heavy atom. The van der Waals surface area contributed by atoms with Crippen LogP contribution in [0.5, 0.6) is 11.5 Å². The van der Waals surface area contributed by atoms with Crippen LogP contribution < -0.4 is 10.1 Å². The minimum absolute atomic E-state index is 0.270. The second-order valence-electron chi connectivity index (χ2n) is 6.52. The Bertz CT molecular complexity index is 880. The Balaban J connectivity index is 1.87. The number of phenolic OH excluding ortho intramolecular Hbond substituents is 1. The Morgan fingerprint density at radius 2 is 1.84 bits per heavy atom. The Hall–Kier alpha value is -2.82. The van der Waals surface area contributed by atoms with Crippen LogP contribution in [0.1, 0.15) is 33.5 Å². The first-order valence-electron chi connectivity index (χ1n) is 8.21. The number of anilines is 1. The first-order chi connectivity index (χ1) is 11.8. The fourth-order valence-electron chi connectivity index (χ4n) is 3.08. The summed E-state index contributed by atoms with van der Waals surface area (Å²) in [6.07, 6.45) is 2.79. The van der Waals surface area contributed by atoms with Crippen molar-refractivity contribution in [2.24, 2.45) is 0 Å². The molecule has 1 unspecified atom stereocenters. The molecule has 0 spiro atoms. The molecule has 0 radical (unpaired) electrons. The minimum atomic E-state index is -0.739. The number of phenols is 1. The number of fused-ring (bicyclic) bond motifs is 1. The number of hydrogen-bond acceptors (Lipinski definition) is 4. The molecule has 1 atom stereocenters. The molecule has 5 heteroatoms. The van der Waals surface area contributed by atoms with E-state index in [0.717, 1.165) is 33.5 Å². The fraction of sp³-hybridized carbons (Fsp3) is 0.300. The lowest BCUT2D eigenvalue weighted by molar-refractivity contribution is -0.121. The smallest absolute Gasteiger partial charge is 0.270 e. The van der Waals surface area contributed by atoms with Gasteiger partial charge in [0.25, 0.3) is 5.91 Å². The van der Waals surface area contributed by atoms with Crippen LogP contribution in [0.3, 0.4) is 0 Å². The van der Waals surface area contributed by atoms with Crippen LogP contribution in [0, 0.1) is 34.6 Å². The highest BCUT2D eigenvalue weighted by Gasteiger charge is 2.26. The van der Waals surface area contributed by atoms with Crippen LogP contribution in [0.2, 0.25) is 0 Å². The summed E-state index contributed by atoms with van der Waals surface area (Å²) in [7, 11) is 0. The third-order valence-electron chi connectivity index (χ3n) is 4.55. The number of aromatic hydroxyl groups is 1. The summed E-state index contributed by atoms with van der Waals surface area (Å²) in [5.41, 5.74) is 5.05. The minimum Gasteiger partial charge on any atom is -0.507 e. The fourth-order valence-corrected chi connectivity index (χ4v) is 3.08. The quantitative estimate of drug-likeness (QED) is 0.875. The Labute approximate surface area is 147 Å². The average Bonchev–Trinajstić information content (AvgIpc) is 2.56. The maximum Gasteiger partial charge on any atom is 0.270 e. The maximum absolute atomic E-state index is 12.6. The predicted molar refractivity (Wildman–Crippen MR) is 98.1 cm³/mol. The molecule has 0 aliphatic carbocycles. The second kappa shape index (κ2) is 6.24. The summed E-state index contributed by atoms with van der Waals surface area (Å²) in [5, 5.41) is 13.0. The van der Waals surface area contributed by atoms with Crippen molar-refractivity contribution in [1.29, 1.82) is 0 Å². The number of hydrogen-bond donors (Lipinski definition) is 2. The van der Waals surface area contributed by atoms with Crippen molar-refractivity contribution in [3.63, 3.8) is 0 Å². The molecule has 0 bridgehead atoms. The number of rotatable bonds is 2. The highest BCUT2D eigenvalue weighted by atomic mass is 16.5. The normalized spacial score (nSPS) is 15.5. The maximum atomic E-state index is 12.6. The number of benzene rings is 1. The van der Waals surface area contributed by atoms with Gasteiger partial charge in [-0.25, -0.2) is 4.98 Å². The second-order valence-corrected chi connectivity index (χ2v) is 6.52. The number of carbonyl (C=O) groups excluding carboxylic acids is 1. The third-order valence-corrected chi connectivity index (χ3v) is 4.55. The first-order valence-corrected chi connectivity index (χ1v) is 8.21. The SMILES string of the molecule is Cc1cc(C)nc(NC(=O)C2C=Cc3c(C)c(O)c(C)c(C)c3O2)c1. The Morgan fingerprint density at radius 1 is 1.12 bits per heavy atom. The highest BCUT2D eigenvalue weighted by molar-refractivity contribution is 5.96. The largest absolute Gasteiger partial charge is 0.507 e. The van der Waals surface area contributed by atoms with E-state index in [1.165, 1.54) is 0 Å². The van der Waals surface area contributed by atoms with Crippen molar-refractivity contribution in [1.82, 2.24) is 4.98 Å². The lowest BCUT2D eigenvalue weighted by Crippen LogP contribution is -2.33. The van der Waals surface area contributed by atoms with E-state index < -0.39 is 6.10 Å². The standard InChI is InChI=1S/C20H22N2O3/c1-10-8-11(2)21-17(9-10)22-20(24)16-7-6-15-14(5)18(23)12(3)13(4)19(15)25-16/h6-9,16,23H,1-5H3,(H,21,22,24). The molecular formula is C20H22N2O3. The van der Waals surface area contributed by atoms with Gasteiger partial charge in [-0.05, 0) is 69.5 Å². The monoisotopic (exact) mass is 338 g/mol. The molecule has 2 N–H and O–H groups in total. The number of aromatic nitrogens is 1. The molecule has 3 rings (SSSR count). The van der Waals surface area contributed by atoms with Crippen molar-refractivity contribution in [3.05, 3.63) is 51.7 Å². The zero-order valence-corrected chi connectivity index (χ0v) is 15.1. The number of carbonyl (C=O) groups is 1. The number of amides is 1. The van der Waals surface area contributed by atoms with Gasteiger partial charge in [-0.3, -0.25) is 4.79 Å². The molecule has 1 aromatic heterocycles. The van der Waals surface area contributed by atoms with Gasteiger partial charge in [-0.2, -0.15) is 0 Å². The molecule has 2 heterocycles. The van der Waals surface area contributed by atoms with Gasteiger partial charge in [0, 0.05) is 16.8 Å². The molecule has 0 saturated heterocycles. The molecule has 1 aromatic carbocycles. The molecule has 1 aliphatic rings. The number of aryl methyl sites for hydroxylation is 2. The van der Waals surface area contributed by atoms with Gasteiger partial charge in [-0.1, -0.05) is 6.08 Å². The number of pyridine rings is 1. The van der Waals surface area contributed by atoms with Crippen molar-refractivity contribution >= 4 is 17.8 Å². The molecule has 1 amide bonds. The van der Waals surface area contributed by atoms with Crippen molar-refractivity contribution in [2.45, 2.75) is 40.7 Å². The molecule has 0 saturated carbocycles. The van der Waals surface area contributed by atoms with Gasteiger partial charge in [0.1, 0.15) is 17.3 Å². The van der Waals surface area contributed by atoms with Gasteiger partial charge in [0.15, 0.2) is 6.10 Å². The molecule has 5 nitrogen and oxygen atoms in total. The van der Waals surface area contributed by atoms with Crippen LogP contribution in [-0.4, -0.2) is 22.1 Å². The van der Waals surface area contributed by atoms with Crippen molar-refractivity contribution < 1.29 is 14.6 Å². The lowest BCUT2D eigenvalue weighted by atomic mass is 9.95. The summed E-state index contributed by atoms with van der Waals surface area (Å²) < 4.78 is 5.94. The summed E-state index contributed by atoms with van der Waals surface area (Å²) in [5.74, 6) is 1.15. The van der Waals surface area contributed by atoms with E-state index in [2.05, 4.69) is 10.3 Å². The van der Waals surface area contributed by atoms with E-state index >= 15 is 0 Å². The summed E-state index contributed by atoms with van der Waals surface area (Å²) in [6, 6.07) is 3.77. The summed E-state index contributed by atoms with van der Waals surface area (Å²) in [4.78, 5) is 16.9. The zero-order chi connectivity index (χ0) is 18.3. The number of ether oxygens (including phenoxy) is 1. The van der Waals surface area contributed by atoms with E-state index in [9.17, 15) is 9.90 Å². The molecular weight excluding hydrogens is 316 g/mol. The van der Waals surface area contributed by atoms with E-state index in [-0.39, 0.29) is 11.7 Å². The van der Waals surface area contributed by atoms with E-state index in [4.69, 9.17) is 4.74 Å². The van der Waals surface area contributed by atoms with Crippen LogP contribution in [0.25, 0.3) is 6.08 Å². The van der Waals surface area contributed by atoms with Crippen LogP contribution in [0.15, 0.2) is 18.2 Å². The third kappa shape index (κ3) is 3.09. The van der Waals surface area contributed by atoms with Gasteiger partial charge in [0.05, 0.1) is 0 Å². The van der Waals surface area contributed by atoms with Gasteiger partial charge >= 0.3 is 0 Å². The van der Waals surface area contributed by atoms with Crippen LogP contribution in [-0.2, 0) is 4.79 Å². The first kappa shape index (κ1) is 17.0. The van der Waals surface area contributed by atoms with E-state index in [0.29, 0.717) is 11.6 Å². The molecule has 130 valence electrons. The topological polar surface area (TPSA) is 71.5 Å². The van der Waals surface area contributed by atoms with Crippen LogP contribution >= 0.6 is 0 Å². The Kier molecular flexibility index (Phi) is 4.25. The molecule has 25 heavy (non-hydrogen) atoms. The molecule has 2 aromatic rings. The van der Waals surface area contributed by atoms with Crippen LogP contribution in [0.4, 0.5) is 5.82 Å². The zero-order valence-electron chi connectivity index (χ0n) is 15.1. The average molecular weight is 338 g/mol. The van der Waals surface area contributed by atoms with Crippen molar-refractivity contribution in [2.75, 3.05) is 5.32 Å². The number of nitrogens with one attached hydrogen (secondary N) is 1. The molecule has 0 fully saturated rings. The van der Waals surface area contributed by atoms with Gasteiger partial charge in [-0.15, -0.1) is 0 Å². The van der Waals surface area contributed by atoms with Gasteiger partial charge in [0.2, 0.25) is 0 Å². The van der Waals surface area contributed by atoms with Crippen molar-refractivity contribution in [3.8, 4) is 11.5 Å². The highest BCUT2D eigenvalue weighted by Crippen LogP contribution is 2.40. The summed E-state index contributed by atoms with van der Waals surface area (Å²) in [6.45, 7) is 9.41. The van der Waals surface area contributed by atoms with E-state index in [1.807, 2.05) is 52.8 Å².